The Morgan fingerprint density at radius 2 is 1.67 bits per heavy atom. The Morgan fingerprint density at radius 3 is 2.27 bits per heavy atom. The number of carboxylic acids is 1. The first-order chi connectivity index (χ1) is 14.5. The number of nitrogens with two attached hydrogens (primary N) is 1. The summed E-state index contributed by atoms with van der Waals surface area (Å²) in [5.41, 5.74) is 7.71. The molecule has 1 unspecified atom stereocenters. The molecule has 0 aliphatic carbocycles. The molecule has 0 aliphatic rings. The van der Waals surface area contributed by atoms with E-state index in [0.29, 0.717) is 11.4 Å². The molecule has 3 aromatic rings. The first kappa shape index (κ1) is 20.7. The number of carboxylic acid groups (broad SMARTS) is 1. The highest BCUT2D eigenvalue weighted by molar-refractivity contribution is 5.86. The standard InChI is InChI=1S/C21H21N5O4/c22-18(27)12-11-16(21(29)30)23-19(28)13-17-20(14-7-3-1-4-8-14)26(25-24-17)15-9-5-2-6-10-15/h1-10,16H,11-13H2,(H2,22,27)(H,23,28)(H,29,30). The van der Waals surface area contributed by atoms with E-state index < -0.39 is 23.8 Å². The number of carbonyl (C=O) groups excluding carboxylic acids is 2. The molecule has 0 saturated heterocycles. The molecule has 0 saturated carbocycles. The summed E-state index contributed by atoms with van der Waals surface area (Å²) in [5.74, 6) is -2.40. The molecule has 1 heterocycles. The predicted molar refractivity (Wildman–Crippen MR) is 108 cm³/mol. The van der Waals surface area contributed by atoms with Crippen molar-refractivity contribution in [2.24, 2.45) is 5.73 Å². The summed E-state index contributed by atoms with van der Waals surface area (Å²) in [7, 11) is 0. The number of rotatable bonds is 9. The van der Waals surface area contributed by atoms with E-state index in [2.05, 4.69) is 15.6 Å². The topological polar surface area (TPSA) is 140 Å². The van der Waals surface area contributed by atoms with Gasteiger partial charge < -0.3 is 16.2 Å². The Kier molecular flexibility index (Phi) is 6.53. The molecule has 1 atom stereocenters. The van der Waals surface area contributed by atoms with Crippen LogP contribution >= 0.6 is 0 Å². The van der Waals surface area contributed by atoms with Crippen molar-refractivity contribution in [3.63, 3.8) is 0 Å². The lowest BCUT2D eigenvalue weighted by Crippen LogP contribution is -2.42. The Labute approximate surface area is 172 Å². The third-order valence-corrected chi connectivity index (χ3v) is 4.43. The number of benzene rings is 2. The summed E-state index contributed by atoms with van der Waals surface area (Å²) >= 11 is 0. The largest absolute Gasteiger partial charge is 0.480 e. The number of hydrogen-bond acceptors (Lipinski definition) is 5. The van der Waals surface area contributed by atoms with E-state index in [-0.39, 0.29) is 19.3 Å². The zero-order chi connectivity index (χ0) is 21.5. The first-order valence-electron chi connectivity index (χ1n) is 9.31. The molecular formula is C21H21N5O4. The minimum absolute atomic E-state index is 0.0847. The summed E-state index contributed by atoms with van der Waals surface area (Å²) in [4.78, 5) is 34.8. The van der Waals surface area contributed by atoms with Crippen LogP contribution in [0, 0.1) is 0 Å². The van der Waals surface area contributed by atoms with Crippen molar-refractivity contribution in [1.82, 2.24) is 20.3 Å². The number of nitrogens with one attached hydrogen (secondary N) is 1. The number of aliphatic carboxylic acids is 1. The monoisotopic (exact) mass is 407 g/mol. The van der Waals surface area contributed by atoms with Gasteiger partial charge in [-0.1, -0.05) is 53.7 Å². The van der Waals surface area contributed by atoms with Crippen molar-refractivity contribution >= 4 is 17.8 Å². The molecule has 4 N–H and O–H groups in total. The molecule has 2 aromatic carbocycles. The number of para-hydroxylation sites is 1. The smallest absolute Gasteiger partial charge is 0.326 e. The van der Waals surface area contributed by atoms with Crippen LogP contribution in [-0.4, -0.2) is 43.9 Å². The van der Waals surface area contributed by atoms with Crippen LogP contribution in [0.15, 0.2) is 60.7 Å². The maximum absolute atomic E-state index is 12.5. The number of aromatic nitrogens is 3. The van der Waals surface area contributed by atoms with E-state index in [1.54, 1.807) is 4.68 Å². The van der Waals surface area contributed by atoms with Crippen molar-refractivity contribution < 1.29 is 19.5 Å². The van der Waals surface area contributed by atoms with Gasteiger partial charge in [-0.2, -0.15) is 0 Å². The van der Waals surface area contributed by atoms with E-state index in [0.717, 1.165) is 11.3 Å². The third-order valence-electron chi connectivity index (χ3n) is 4.43. The summed E-state index contributed by atoms with van der Waals surface area (Å²) in [6.07, 6.45) is -0.396. The van der Waals surface area contributed by atoms with Gasteiger partial charge in [0.15, 0.2) is 0 Å². The van der Waals surface area contributed by atoms with Crippen LogP contribution in [0.1, 0.15) is 18.5 Å². The van der Waals surface area contributed by atoms with Crippen LogP contribution < -0.4 is 11.1 Å². The van der Waals surface area contributed by atoms with Gasteiger partial charge in [0.2, 0.25) is 11.8 Å². The van der Waals surface area contributed by atoms with Crippen LogP contribution in [0.4, 0.5) is 0 Å². The summed E-state index contributed by atoms with van der Waals surface area (Å²) in [6, 6.07) is 17.5. The fourth-order valence-electron chi connectivity index (χ4n) is 3.01. The van der Waals surface area contributed by atoms with E-state index in [4.69, 9.17) is 5.73 Å². The summed E-state index contributed by atoms with van der Waals surface area (Å²) in [6.45, 7) is 0. The van der Waals surface area contributed by atoms with Crippen LogP contribution in [0.3, 0.4) is 0 Å². The minimum atomic E-state index is -1.24. The molecule has 1 aromatic heterocycles. The van der Waals surface area contributed by atoms with Crippen LogP contribution in [0.25, 0.3) is 16.9 Å². The van der Waals surface area contributed by atoms with Crippen molar-refractivity contribution in [1.29, 1.82) is 0 Å². The molecule has 0 aliphatic heterocycles. The Hall–Kier alpha value is -4.01. The zero-order valence-electron chi connectivity index (χ0n) is 16.1. The van der Waals surface area contributed by atoms with E-state index in [9.17, 15) is 19.5 Å². The predicted octanol–water partition coefficient (Wildman–Crippen LogP) is 1.31. The maximum Gasteiger partial charge on any atom is 0.326 e. The molecule has 0 radical (unpaired) electrons. The maximum atomic E-state index is 12.5. The molecule has 2 amide bonds. The fourth-order valence-corrected chi connectivity index (χ4v) is 3.01. The van der Waals surface area contributed by atoms with Gasteiger partial charge in [-0.15, -0.1) is 5.10 Å². The highest BCUT2D eigenvalue weighted by Crippen LogP contribution is 2.25. The third kappa shape index (κ3) is 5.07. The lowest BCUT2D eigenvalue weighted by atomic mass is 10.1. The average Bonchev–Trinajstić information content (AvgIpc) is 3.15. The molecule has 0 bridgehead atoms. The number of primary amides is 1. The van der Waals surface area contributed by atoms with Crippen LogP contribution in [0.5, 0.6) is 0 Å². The highest BCUT2D eigenvalue weighted by atomic mass is 16.4. The second kappa shape index (κ2) is 9.46. The highest BCUT2D eigenvalue weighted by Gasteiger charge is 2.23. The van der Waals surface area contributed by atoms with Crippen molar-refractivity contribution in [3.8, 4) is 16.9 Å². The van der Waals surface area contributed by atoms with Gasteiger partial charge >= 0.3 is 5.97 Å². The number of amides is 2. The molecule has 9 heteroatoms. The lowest BCUT2D eigenvalue weighted by molar-refractivity contribution is -0.142. The first-order valence-corrected chi connectivity index (χ1v) is 9.31. The van der Waals surface area contributed by atoms with Crippen molar-refractivity contribution in [2.75, 3.05) is 0 Å². The minimum Gasteiger partial charge on any atom is -0.480 e. The van der Waals surface area contributed by atoms with Crippen molar-refractivity contribution in [3.05, 3.63) is 66.4 Å². The van der Waals surface area contributed by atoms with Crippen LogP contribution in [0.2, 0.25) is 0 Å². The van der Waals surface area contributed by atoms with Gasteiger partial charge in [-0.25, -0.2) is 9.48 Å². The number of nitrogens with zero attached hydrogens (tertiary/aromatic N) is 3. The Morgan fingerprint density at radius 1 is 1.03 bits per heavy atom. The van der Waals surface area contributed by atoms with E-state index >= 15 is 0 Å². The van der Waals surface area contributed by atoms with Gasteiger partial charge in [-0.05, 0) is 18.6 Å². The molecule has 30 heavy (non-hydrogen) atoms. The molecular weight excluding hydrogens is 386 g/mol. The Balaban J connectivity index is 1.87. The van der Waals surface area contributed by atoms with E-state index in [1.807, 2.05) is 60.7 Å². The molecule has 154 valence electrons. The molecule has 0 spiro atoms. The second-order valence-corrected chi connectivity index (χ2v) is 6.64. The summed E-state index contributed by atoms with van der Waals surface area (Å²) < 4.78 is 1.64. The second-order valence-electron chi connectivity index (χ2n) is 6.64. The van der Waals surface area contributed by atoms with Gasteiger partial charge in [0.25, 0.3) is 0 Å². The molecule has 3 rings (SSSR count). The summed E-state index contributed by atoms with van der Waals surface area (Å²) in [5, 5.41) is 20.1. The lowest BCUT2D eigenvalue weighted by Gasteiger charge is -2.14. The molecule has 0 fully saturated rings. The Bertz CT molecular complexity index is 1030. The van der Waals surface area contributed by atoms with E-state index in [1.165, 1.54) is 0 Å². The molecule has 9 nitrogen and oxygen atoms in total. The van der Waals surface area contributed by atoms with Crippen molar-refractivity contribution in [2.45, 2.75) is 25.3 Å². The van der Waals surface area contributed by atoms with Gasteiger partial charge in [-0.3, -0.25) is 9.59 Å². The number of hydrogen-bond donors (Lipinski definition) is 3. The van der Waals surface area contributed by atoms with Gasteiger partial charge in [0.1, 0.15) is 11.7 Å². The van der Waals surface area contributed by atoms with Gasteiger partial charge in [0, 0.05) is 12.0 Å². The average molecular weight is 407 g/mol. The quantitative estimate of drug-likeness (QED) is 0.488. The fraction of sp³-hybridized carbons (Fsp3) is 0.190. The number of carbonyl (C=O) groups is 3. The normalized spacial score (nSPS) is 11.6. The van der Waals surface area contributed by atoms with Gasteiger partial charge in [0.05, 0.1) is 17.8 Å². The zero-order valence-corrected chi connectivity index (χ0v) is 16.1. The van der Waals surface area contributed by atoms with Crippen LogP contribution in [-0.2, 0) is 20.8 Å². The SMILES string of the molecule is NC(=O)CCC(NC(=O)Cc1nnn(-c2ccccc2)c1-c1ccccc1)C(=O)O.